The predicted octanol–water partition coefficient (Wildman–Crippen LogP) is 6.36. The van der Waals surface area contributed by atoms with Crippen molar-refractivity contribution in [2.24, 2.45) is 0 Å². The van der Waals surface area contributed by atoms with Gasteiger partial charge in [-0.1, -0.05) is 73.3 Å². The van der Waals surface area contributed by atoms with Crippen LogP contribution in [0.25, 0.3) is 0 Å². The van der Waals surface area contributed by atoms with Crippen LogP contribution in [0.4, 0.5) is 10.5 Å². The summed E-state index contributed by atoms with van der Waals surface area (Å²) in [7, 11) is 0. The molecule has 3 aromatic carbocycles. The lowest BCUT2D eigenvalue weighted by Crippen LogP contribution is -2.41. The van der Waals surface area contributed by atoms with Gasteiger partial charge in [-0.2, -0.15) is 0 Å². The van der Waals surface area contributed by atoms with Gasteiger partial charge in [-0.15, -0.1) is 6.58 Å². The van der Waals surface area contributed by atoms with Crippen molar-refractivity contribution >= 4 is 29.4 Å². The fourth-order valence-corrected chi connectivity index (χ4v) is 4.53. The van der Waals surface area contributed by atoms with E-state index < -0.39 is 11.9 Å². The summed E-state index contributed by atoms with van der Waals surface area (Å²) >= 11 is 1.58. The fourth-order valence-electron chi connectivity index (χ4n) is 3.66. The molecular weight excluding hydrogens is 444 g/mol. The average molecular weight is 475 g/mol. The van der Waals surface area contributed by atoms with Crippen molar-refractivity contribution in [2.45, 2.75) is 35.5 Å². The highest BCUT2D eigenvalue weighted by molar-refractivity contribution is 7.99. The van der Waals surface area contributed by atoms with Crippen LogP contribution in [0.2, 0.25) is 0 Å². The quantitative estimate of drug-likeness (QED) is 0.317. The number of carbonyl (C=O) groups excluding carboxylic acids is 1. The zero-order chi connectivity index (χ0) is 24.3. The molecule has 0 aliphatic heterocycles. The first-order valence-electron chi connectivity index (χ1n) is 11.3. The predicted molar refractivity (Wildman–Crippen MR) is 139 cm³/mol. The molecule has 0 radical (unpaired) electrons. The molecular formula is C28H30N2O3S. The minimum Gasteiger partial charge on any atom is -0.481 e. The Morgan fingerprint density at radius 2 is 1.76 bits per heavy atom. The number of hydrogen-bond donors (Lipinski definition) is 2. The number of anilines is 1. The monoisotopic (exact) mass is 474 g/mol. The molecule has 0 aliphatic rings. The first-order valence-corrected chi connectivity index (χ1v) is 12.1. The van der Waals surface area contributed by atoms with Gasteiger partial charge in [0.25, 0.3) is 0 Å². The van der Waals surface area contributed by atoms with Crippen LogP contribution in [0.3, 0.4) is 0 Å². The third-order valence-electron chi connectivity index (χ3n) is 5.46. The van der Waals surface area contributed by atoms with Crippen molar-refractivity contribution in [3.63, 3.8) is 0 Å². The van der Waals surface area contributed by atoms with Gasteiger partial charge in [-0.25, -0.2) is 4.79 Å². The maximum atomic E-state index is 12.9. The van der Waals surface area contributed by atoms with Gasteiger partial charge in [-0.05, 0) is 54.3 Å². The van der Waals surface area contributed by atoms with E-state index in [0.717, 1.165) is 27.5 Å². The van der Waals surface area contributed by atoms with Crippen LogP contribution in [0.1, 0.15) is 30.4 Å². The molecule has 6 heteroatoms. The lowest BCUT2D eigenvalue weighted by molar-refractivity contribution is -0.138. The summed E-state index contributed by atoms with van der Waals surface area (Å²) in [6.07, 6.45) is 2.95. The van der Waals surface area contributed by atoms with E-state index in [4.69, 9.17) is 0 Å². The highest BCUT2D eigenvalue weighted by atomic mass is 32.2. The molecule has 1 atom stereocenters. The zero-order valence-corrected chi connectivity index (χ0v) is 20.1. The molecule has 0 spiro atoms. The smallest absolute Gasteiger partial charge is 0.322 e. The molecule has 2 amide bonds. The van der Waals surface area contributed by atoms with Gasteiger partial charge in [0.05, 0.1) is 5.92 Å². The minimum absolute atomic E-state index is 0.165. The Balaban J connectivity index is 1.77. The van der Waals surface area contributed by atoms with Crippen LogP contribution >= 0.6 is 11.8 Å². The van der Waals surface area contributed by atoms with Gasteiger partial charge in [0.2, 0.25) is 0 Å². The number of nitrogens with zero attached hydrogens (tertiary/aromatic N) is 1. The maximum absolute atomic E-state index is 12.9. The molecule has 0 heterocycles. The zero-order valence-electron chi connectivity index (χ0n) is 19.3. The number of benzene rings is 3. The van der Waals surface area contributed by atoms with Crippen LogP contribution in [0.15, 0.2) is 101 Å². The number of carboxylic acid groups (broad SMARTS) is 1. The normalized spacial score (nSPS) is 11.4. The molecule has 1 unspecified atom stereocenters. The highest BCUT2D eigenvalue weighted by Gasteiger charge is 2.18. The number of carbonyl (C=O) groups is 2. The van der Waals surface area contributed by atoms with Crippen molar-refractivity contribution < 1.29 is 14.7 Å². The minimum atomic E-state index is -0.805. The standard InChI is InChI=1S/C28H30N2O3S/c1-3-18-29-28(33)30(19-17-21-9-6-5-7-10-21)23-11-8-12-25(20-23)34-24-15-13-22(14-16-24)26(4-2)27(31)32/h3,5-16,20,26H,1,4,17-19H2,2H3,(H,29,33)(H,31,32). The van der Waals surface area contributed by atoms with E-state index in [1.165, 1.54) is 5.56 Å². The Morgan fingerprint density at radius 1 is 1.03 bits per heavy atom. The van der Waals surface area contributed by atoms with Crippen molar-refractivity contribution in [3.05, 3.63) is 103 Å². The third-order valence-corrected chi connectivity index (χ3v) is 6.46. The second-order valence-corrected chi connectivity index (χ2v) is 8.98. The Morgan fingerprint density at radius 3 is 2.41 bits per heavy atom. The van der Waals surface area contributed by atoms with Gasteiger partial charge in [0.1, 0.15) is 0 Å². The van der Waals surface area contributed by atoms with Crippen LogP contribution in [0, 0.1) is 0 Å². The number of aliphatic carboxylic acids is 1. The van der Waals surface area contributed by atoms with Crippen molar-refractivity contribution in [1.82, 2.24) is 5.32 Å². The molecule has 3 rings (SSSR count). The molecule has 0 bridgehead atoms. The summed E-state index contributed by atoms with van der Waals surface area (Å²) in [5, 5.41) is 12.3. The Kier molecular flexibility index (Phi) is 9.35. The lowest BCUT2D eigenvalue weighted by Gasteiger charge is -2.23. The molecule has 2 N–H and O–H groups in total. The van der Waals surface area contributed by atoms with Crippen LogP contribution in [0.5, 0.6) is 0 Å². The third kappa shape index (κ3) is 6.99. The molecule has 0 fully saturated rings. The van der Waals surface area contributed by atoms with Gasteiger partial charge in [0, 0.05) is 28.6 Å². The molecule has 5 nitrogen and oxygen atoms in total. The van der Waals surface area contributed by atoms with Gasteiger partial charge >= 0.3 is 12.0 Å². The number of nitrogens with one attached hydrogen (secondary N) is 1. The second-order valence-electron chi connectivity index (χ2n) is 7.83. The lowest BCUT2D eigenvalue weighted by atomic mass is 9.97. The van der Waals surface area contributed by atoms with E-state index in [9.17, 15) is 14.7 Å². The van der Waals surface area contributed by atoms with Gasteiger partial charge in [-0.3, -0.25) is 9.69 Å². The fraction of sp³-hybridized carbons (Fsp3) is 0.214. The number of urea groups is 1. The topological polar surface area (TPSA) is 69.6 Å². The molecule has 0 aliphatic carbocycles. The molecule has 34 heavy (non-hydrogen) atoms. The SMILES string of the molecule is C=CCNC(=O)N(CCc1ccccc1)c1cccc(Sc2ccc(C(CC)C(=O)O)cc2)c1. The summed E-state index contributed by atoms with van der Waals surface area (Å²) in [5.41, 5.74) is 2.79. The van der Waals surface area contributed by atoms with Crippen LogP contribution in [-0.2, 0) is 11.2 Å². The number of amides is 2. The van der Waals surface area contributed by atoms with E-state index in [1.54, 1.807) is 22.7 Å². The first-order chi connectivity index (χ1) is 16.5. The summed E-state index contributed by atoms with van der Waals surface area (Å²) in [6.45, 7) is 6.50. The van der Waals surface area contributed by atoms with E-state index in [1.807, 2.05) is 73.7 Å². The van der Waals surface area contributed by atoms with Crippen LogP contribution in [-0.4, -0.2) is 30.2 Å². The van der Waals surface area contributed by atoms with E-state index in [-0.39, 0.29) is 6.03 Å². The molecule has 0 saturated carbocycles. The molecule has 0 saturated heterocycles. The number of hydrogen-bond acceptors (Lipinski definition) is 3. The maximum Gasteiger partial charge on any atom is 0.322 e. The Hall–Kier alpha value is -3.51. The molecule has 3 aromatic rings. The largest absolute Gasteiger partial charge is 0.481 e. The van der Waals surface area contributed by atoms with Crippen LogP contribution < -0.4 is 10.2 Å². The van der Waals surface area contributed by atoms with Crippen molar-refractivity contribution in [1.29, 1.82) is 0 Å². The van der Waals surface area contributed by atoms with E-state index in [0.29, 0.717) is 19.5 Å². The number of rotatable bonds is 11. The average Bonchev–Trinajstić information content (AvgIpc) is 2.85. The molecule has 176 valence electrons. The van der Waals surface area contributed by atoms with Gasteiger partial charge in [0.15, 0.2) is 0 Å². The summed E-state index contributed by atoms with van der Waals surface area (Å²) < 4.78 is 0. The summed E-state index contributed by atoms with van der Waals surface area (Å²) in [4.78, 5) is 28.1. The Bertz CT molecular complexity index is 1100. The second kappa shape index (κ2) is 12.7. The Labute approximate surface area is 205 Å². The van der Waals surface area contributed by atoms with Gasteiger partial charge < -0.3 is 10.4 Å². The van der Waals surface area contributed by atoms with E-state index in [2.05, 4.69) is 24.0 Å². The van der Waals surface area contributed by atoms with E-state index >= 15 is 0 Å². The summed E-state index contributed by atoms with van der Waals surface area (Å²) in [6, 6.07) is 25.5. The number of carboxylic acids is 1. The van der Waals surface area contributed by atoms with Crippen molar-refractivity contribution in [2.75, 3.05) is 18.0 Å². The molecule has 0 aromatic heterocycles. The summed E-state index contributed by atoms with van der Waals surface area (Å²) in [5.74, 6) is -1.30. The van der Waals surface area contributed by atoms with Crippen molar-refractivity contribution in [3.8, 4) is 0 Å². The highest BCUT2D eigenvalue weighted by Crippen LogP contribution is 2.32. The first kappa shape index (κ1) is 25.1.